The predicted octanol–water partition coefficient (Wildman–Crippen LogP) is 2.27. The van der Waals surface area contributed by atoms with E-state index in [-0.39, 0.29) is 17.9 Å². The molecule has 2 N–H and O–H groups in total. The number of rotatable bonds is 5. The normalized spacial score (nSPS) is 21.0. The van der Waals surface area contributed by atoms with Gasteiger partial charge in [0.15, 0.2) is 0 Å². The lowest BCUT2D eigenvalue weighted by Crippen LogP contribution is -3.23. The number of hydrogen-bond donors (Lipinski definition) is 2. The van der Waals surface area contributed by atoms with Crippen LogP contribution in [0, 0.1) is 0 Å². The maximum Gasteiger partial charge on any atom is 0.224 e. The van der Waals surface area contributed by atoms with Crippen molar-refractivity contribution in [2.24, 2.45) is 0 Å². The van der Waals surface area contributed by atoms with Gasteiger partial charge < -0.3 is 15.0 Å². The van der Waals surface area contributed by atoms with E-state index in [9.17, 15) is 4.79 Å². The molecular formula is C19H27Cl2N2O2+. The van der Waals surface area contributed by atoms with E-state index < -0.39 is 0 Å². The quantitative estimate of drug-likeness (QED) is 0.816. The van der Waals surface area contributed by atoms with Gasteiger partial charge in [-0.2, -0.15) is 0 Å². The second kappa shape index (κ2) is 8.72. The van der Waals surface area contributed by atoms with Crippen LogP contribution >= 0.6 is 23.2 Å². The van der Waals surface area contributed by atoms with E-state index in [1.165, 1.54) is 32.1 Å². The summed E-state index contributed by atoms with van der Waals surface area (Å²) in [6, 6.07) is 5.35. The number of carbonyl (C=O) groups is 1. The number of ether oxygens (including phenoxy) is 1. The van der Waals surface area contributed by atoms with Gasteiger partial charge in [-0.1, -0.05) is 35.7 Å². The Morgan fingerprint density at radius 1 is 1.12 bits per heavy atom. The first-order chi connectivity index (χ1) is 12.1. The highest BCUT2D eigenvalue weighted by atomic mass is 35.5. The van der Waals surface area contributed by atoms with Crippen LogP contribution in [0.1, 0.15) is 37.7 Å². The second-order valence-electron chi connectivity index (χ2n) is 7.21. The Morgan fingerprint density at radius 3 is 2.40 bits per heavy atom. The fourth-order valence-corrected chi connectivity index (χ4v) is 4.76. The Morgan fingerprint density at radius 2 is 1.76 bits per heavy atom. The molecule has 2 aliphatic rings. The van der Waals surface area contributed by atoms with Gasteiger partial charge in [-0.3, -0.25) is 4.79 Å². The molecule has 138 valence electrons. The SMILES string of the molecule is O=C(Cc1c(Cl)cccc1Cl)NCC1([NH+]2CCOCC2)CCCCC1. The van der Waals surface area contributed by atoms with Crippen LogP contribution in [0.2, 0.25) is 10.0 Å². The number of halogens is 2. The van der Waals surface area contributed by atoms with Crippen LogP contribution < -0.4 is 10.2 Å². The Kier molecular flexibility index (Phi) is 6.61. The number of amides is 1. The van der Waals surface area contributed by atoms with Crippen LogP contribution in [0.15, 0.2) is 18.2 Å². The number of quaternary nitrogens is 1. The average Bonchev–Trinajstić information content (AvgIpc) is 2.65. The van der Waals surface area contributed by atoms with Crippen LogP contribution in [0.4, 0.5) is 0 Å². The van der Waals surface area contributed by atoms with E-state index in [1.807, 2.05) is 0 Å². The first-order valence-electron chi connectivity index (χ1n) is 9.23. The van der Waals surface area contributed by atoms with Crippen molar-refractivity contribution in [3.63, 3.8) is 0 Å². The summed E-state index contributed by atoms with van der Waals surface area (Å²) in [7, 11) is 0. The zero-order valence-electron chi connectivity index (χ0n) is 14.6. The van der Waals surface area contributed by atoms with Crippen molar-refractivity contribution in [2.75, 3.05) is 32.8 Å². The maximum atomic E-state index is 12.5. The molecule has 0 radical (unpaired) electrons. The highest BCUT2D eigenvalue weighted by Gasteiger charge is 2.42. The molecule has 1 saturated heterocycles. The molecule has 1 saturated carbocycles. The minimum Gasteiger partial charge on any atom is -0.370 e. The first-order valence-corrected chi connectivity index (χ1v) is 9.99. The fourth-order valence-electron chi connectivity index (χ4n) is 4.22. The number of nitrogens with one attached hydrogen (secondary N) is 2. The standard InChI is InChI=1S/C19H26Cl2N2O2/c20-16-5-4-6-17(21)15(16)13-18(24)22-14-19(7-2-1-3-8-19)23-9-11-25-12-10-23/h4-6H,1-3,7-14H2,(H,22,24)/p+1. The molecule has 1 aromatic rings. The Balaban J connectivity index is 1.63. The molecule has 0 bridgehead atoms. The molecule has 1 heterocycles. The molecule has 25 heavy (non-hydrogen) atoms. The third-order valence-corrected chi connectivity index (χ3v) is 6.39. The van der Waals surface area contributed by atoms with Crippen LogP contribution in [-0.2, 0) is 16.0 Å². The van der Waals surface area contributed by atoms with Crippen molar-refractivity contribution < 1.29 is 14.4 Å². The first kappa shape index (κ1) is 19.0. The van der Waals surface area contributed by atoms with Gasteiger partial charge in [0.2, 0.25) is 5.91 Å². The largest absolute Gasteiger partial charge is 0.370 e. The highest BCUT2D eigenvalue weighted by Crippen LogP contribution is 2.26. The van der Waals surface area contributed by atoms with Crippen molar-refractivity contribution in [3.8, 4) is 0 Å². The van der Waals surface area contributed by atoms with Gasteiger partial charge in [0, 0.05) is 22.9 Å². The van der Waals surface area contributed by atoms with E-state index in [1.54, 1.807) is 23.1 Å². The minimum atomic E-state index is -0.00684. The molecule has 0 spiro atoms. The van der Waals surface area contributed by atoms with Crippen LogP contribution in [0.25, 0.3) is 0 Å². The van der Waals surface area contributed by atoms with Crippen LogP contribution in [-0.4, -0.2) is 44.3 Å². The Bertz CT molecular complexity index is 577. The number of morpholine rings is 1. The summed E-state index contributed by atoms with van der Waals surface area (Å²) in [6.45, 7) is 4.43. The van der Waals surface area contributed by atoms with Crippen LogP contribution in [0.5, 0.6) is 0 Å². The summed E-state index contributed by atoms with van der Waals surface area (Å²) >= 11 is 12.4. The van der Waals surface area contributed by atoms with E-state index in [0.717, 1.165) is 32.8 Å². The molecule has 4 nitrogen and oxygen atoms in total. The summed E-state index contributed by atoms with van der Waals surface area (Å²) in [6.07, 6.45) is 6.37. The van der Waals surface area contributed by atoms with Gasteiger partial charge in [-0.15, -0.1) is 0 Å². The average molecular weight is 386 g/mol. The summed E-state index contributed by atoms with van der Waals surface area (Å²) in [5.41, 5.74) is 0.863. The topological polar surface area (TPSA) is 42.8 Å². The van der Waals surface area contributed by atoms with E-state index >= 15 is 0 Å². The van der Waals surface area contributed by atoms with Crippen molar-refractivity contribution in [2.45, 2.75) is 44.1 Å². The molecule has 3 rings (SSSR count). The van der Waals surface area contributed by atoms with E-state index in [0.29, 0.717) is 15.6 Å². The fraction of sp³-hybridized carbons (Fsp3) is 0.632. The monoisotopic (exact) mass is 385 g/mol. The summed E-state index contributed by atoms with van der Waals surface area (Å²) in [5, 5.41) is 4.28. The summed E-state index contributed by atoms with van der Waals surface area (Å²) < 4.78 is 5.53. The number of carbonyl (C=O) groups excluding carboxylic acids is 1. The van der Waals surface area contributed by atoms with Gasteiger partial charge in [-0.25, -0.2) is 0 Å². The van der Waals surface area contributed by atoms with Gasteiger partial charge in [0.1, 0.15) is 18.6 Å². The summed E-state index contributed by atoms with van der Waals surface area (Å²) in [4.78, 5) is 14.1. The van der Waals surface area contributed by atoms with Crippen LogP contribution in [0.3, 0.4) is 0 Å². The lowest BCUT2D eigenvalue weighted by molar-refractivity contribution is -0.960. The molecule has 0 atom stereocenters. The zero-order chi connectivity index (χ0) is 17.7. The molecule has 0 aromatic heterocycles. The lowest BCUT2D eigenvalue weighted by atomic mass is 9.79. The van der Waals surface area contributed by atoms with Gasteiger partial charge in [-0.05, 0) is 30.5 Å². The number of hydrogen-bond acceptors (Lipinski definition) is 2. The van der Waals surface area contributed by atoms with Gasteiger partial charge in [0.25, 0.3) is 0 Å². The molecule has 6 heteroatoms. The minimum absolute atomic E-state index is 0.00684. The van der Waals surface area contributed by atoms with E-state index in [4.69, 9.17) is 27.9 Å². The Hall–Kier alpha value is -0.810. The highest BCUT2D eigenvalue weighted by molar-refractivity contribution is 6.36. The third kappa shape index (κ3) is 4.68. The maximum absolute atomic E-state index is 12.5. The second-order valence-corrected chi connectivity index (χ2v) is 8.03. The molecular weight excluding hydrogens is 359 g/mol. The lowest BCUT2D eigenvalue weighted by Gasteiger charge is -2.45. The third-order valence-electron chi connectivity index (χ3n) is 5.68. The van der Waals surface area contributed by atoms with Crippen molar-refractivity contribution in [1.82, 2.24) is 5.32 Å². The molecule has 1 aliphatic carbocycles. The van der Waals surface area contributed by atoms with Crippen molar-refractivity contribution in [3.05, 3.63) is 33.8 Å². The predicted molar refractivity (Wildman–Crippen MR) is 101 cm³/mol. The molecule has 1 aromatic carbocycles. The van der Waals surface area contributed by atoms with E-state index in [2.05, 4.69) is 5.32 Å². The molecule has 2 fully saturated rings. The Labute approximate surface area is 159 Å². The smallest absolute Gasteiger partial charge is 0.224 e. The van der Waals surface area contributed by atoms with Crippen molar-refractivity contribution in [1.29, 1.82) is 0 Å². The number of benzene rings is 1. The summed E-state index contributed by atoms with van der Waals surface area (Å²) in [5.74, 6) is -0.00684. The molecule has 0 unspecified atom stereocenters. The van der Waals surface area contributed by atoms with Gasteiger partial charge >= 0.3 is 0 Å². The molecule has 1 amide bonds. The van der Waals surface area contributed by atoms with Crippen molar-refractivity contribution >= 4 is 29.1 Å². The zero-order valence-corrected chi connectivity index (χ0v) is 16.1. The van der Waals surface area contributed by atoms with Gasteiger partial charge in [0.05, 0.1) is 26.2 Å². The molecule has 1 aliphatic heterocycles.